The Balaban J connectivity index is 1.82. The second-order valence-corrected chi connectivity index (χ2v) is 12.7. The summed E-state index contributed by atoms with van der Waals surface area (Å²) in [4.78, 5) is 15.5. The molecule has 2 aromatic carbocycles. The number of benzene rings is 2. The lowest BCUT2D eigenvalue weighted by Crippen LogP contribution is -2.21. The lowest BCUT2D eigenvalue weighted by atomic mass is 9.84. The molecule has 4 nitrogen and oxygen atoms in total. The van der Waals surface area contributed by atoms with E-state index in [1.165, 1.54) is 62.1 Å². The minimum absolute atomic E-state index is 0.0122. The first-order valence-electron chi connectivity index (χ1n) is 15.9. The topological polar surface area (TPSA) is 44.1 Å². The molecule has 4 aromatic rings. The average molecular weight is 567 g/mol. The number of carbonyl (C=O) groups excluding carboxylic acids is 1. The summed E-state index contributed by atoms with van der Waals surface area (Å²) in [6, 6.07) is 18.4. The van der Waals surface area contributed by atoms with E-state index >= 15 is 0 Å². The molecule has 0 saturated carbocycles. The molecule has 4 rings (SSSR count). The van der Waals surface area contributed by atoms with Crippen LogP contribution in [0.5, 0.6) is 0 Å². The quantitative estimate of drug-likeness (QED) is 0.100. The van der Waals surface area contributed by atoms with Gasteiger partial charge in [-0.05, 0) is 97.9 Å². The van der Waals surface area contributed by atoms with Crippen molar-refractivity contribution in [1.29, 1.82) is 0 Å². The number of rotatable bonds is 16. The van der Waals surface area contributed by atoms with Crippen LogP contribution in [0.4, 0.5) is 0 Å². The van der Waals surface area contributed by atoms with Crippen molar-refractivity contribution >= 4 is 17.2 Å². The third kappa shape index (κ3) is 7.58. The molecule has 0 atom stereocenters. The van der Waals surface area contributed by atoms with Gasteiger partial charge in [0.1, 0.15) is 6.29 Å². The molecular weight excluding hydrogens is 516 g/mol. The Labute approximate surface area is 253 Å². The summed E-state index contributed by atoms with van der Waals surface area (Å²) in [6.45, 7) is 12.9. The van der Waals surface area contributed by atoms with Gasteiger partial charge in [-0.15, -0.1) is 0 Å². The molecule has 0 fully saturated rings. The predicted molar refractivity (Wildman–Crippen MR) is 177 cm³/mol. The van der Waals surface area contributed by atoms with Crippen molar-refractivity contribution in [3.05, 3.63) is 77.1 Å². The van der Waals surface area contributed by atoms with Gasteiger partial charge in [-0.1, -0.05) is 69.9 Å². The number of methoxy groups -OCH3 is 1. The van der Waals surface area contributed by atoms with E-state index in [1.807, 2.05) is 6.20 Å². The fourth-order valence-electron chi connectivity index (χ4n) is 6.51. The van der Waals surface area contributed by atoms with Crippen LogP contribution in [0.15, 0.2) is 54.7 Å². The Bertz CT molecular complexity index is 1480. The van der Waals surface area contributed by atoms with Gasteiger partial charge in [0.25, 0.3) is 0 Å². The minimum atomic E-state index is -0.0122. The first-order valence-corrected chi connectivity index (χ1v) is 15.9. The Hall–Kier alpha value is -3.24. The number of aryl methyl sites for hydroxylation is 4. The molecule has 0 bridgehead atoms. The van der Waals surface area contributed by atoms with Crippen molar-refractivity contribution in [1.82, 2.24) is 9.55 Å². The van der Waals surface area contributed by atoms with E-state index in [9.17, 15) is 4.79 Å². The summed E-state index contributed by atoms with van der Waals surface area (Å²) in [5.74, 6) is 0. The summed E-state index contributed by atoms with van der Waals surface area (Å²) in [7, 11) is 1.80. The number of hydrogen-bond donors (Lipinski definition) is 0. The predicted octanol–water partition coefficient (Wildman–Crippen LogP) is 9.56. The van der Waals surface area contributed by atoms with Crippen molar-refractivity contribution in [3.8, 4) is 22.4 Å². The van der Waals surface area contributed by atoms with Gasteiger partial charge in [0.05, 0.1) is 12.3 Å². The van der Waals surface area contributed by atoms with Crippen molar-refractivity contribution in [3.63, 3.8) is 0 Å². The van der Waals surface area contributed by atoms with Gasteiger partial charge in [-0.3, -0.25) is 4.98 Å². The van der Waals surface area contributed by atoms with Gasteiger partial charge in [-0.25, -0.2) is 0 Å². The molecule has 0 spiro atoms. The monoisotopic (exact) mass is 566 g/mol. The largest absolute Gasteiger partial charge is 0.384 e. The molecule has 0 aliphatic rings. The number of fused-ring (bicyclic) bond motifs is 1. The maximum atomic E-state index is 10.6. The van der Waals surface area contributed by atoms with E-state index in [0.717, 1.165) is 57.8 Å². The van der Waals surface area contributed by atoms with Crippen molar-refractivity contribution in [2.24, 2.45) is 5.41 Å². The van der Waals surface area contributed by atoms with Gasteiger partial charge < -0.3 is 14.1 Å². The summed E-state index contributed by atoms with van der Waals surface area (Å²) in [5.41, 5.74) is 11.7. The van der Waals surface area contributed by atoms with Crippen LogP contribution in [0.3, 0.4) is 0 Å². The van der Waals surface area contributed by atoms with Gasteiger partial charge in [-0.2, -0.15) is 0 Å². The van der Waals surface area contributed by atoms with Gasteiger partial charge in [0, 0.05) is 48.4 Å². The zero-order valence-corrected chi connectivity index (χ0v) is 26.8. The summed E-state index contributed by atoms with van der Waals surface area (Å²) >= 11 is 0. The van der Waals surface area contributed by atoms with Crippen molar-refractivity contribution < 1.29 is 9.53 Å². The molecule has 2 aromatic heterocycles. The highest BCUT2D eigenvalue weighted by atomic mass is 16.5. The van der Waals surface area contributed by atoms with Crippen LogP contribution in [0.2, 0.25) is 0 Å². The van der Waals surface area contributed by atoms with Crippen LogP contribution >= 0.6 is 0 Å². The number of pyridine rings is 1. The smallest absolute Gasteiger partial charge is 0.119 e. The number of hydrogen-bond acceptors (Lipinski definition) is 3. The standard InChI is InChI=1S/C38H50N2O2/c1-7-15-35-32(17-14-20-39-35)37-34(26-38(4,5)27-42-6)33-25-30(18-19-36(33)40(37)8-2)31-23-28(3)22-29(24-31)16-12-10-9-11-13-21-41/h14,17-25H,7-13,15-16,26-27H2,1-6H3. The lowest BCUT2D eigenvalue weighted by molar-refractivity contribution is -0.107. The molecule has 42 heavy (non-hydrogen) atoms. The second kappa shape index (κ2) is 14.8. The molecule has 0 radical (unpaired) electrons. The molecule has 0 N–H and O–H groups in total. The molecule has 0 saturated heterocycles. The van der Waals surface area contributed by atoms with Gasteiger partial charge in [0.2, 0.25) is 0 Å². The van der Waals surface area contributed by atoms with Crippen LogP contribution in [0.1, 0.15) is 88.6 Å². The maximum Gasteiger partial charge on any atom is 0.119 e. The van der Waals surface area contributed by atoms with E-state index in [0.29, 0.717) is 13.0 Å². The number of carbonyl (C=O) groups is 1. The molecule has 2 heterocycles. The average Bonchev–Trinajstić information content (AvgIpc) is 3.26. The third-order valence-electron chi connectivity index (χ3n) is 8.31. The van der Waals surface area contributed by atoms with Crippen LogP contribution in [-0.2, 0) is 35.3 Å². The number of unbranched alkanes of at least 4 members (excludes halogenated alkanes) is 4. The molecule has 0 unspecified atom stereocenters. The highest BCUT2D eigenvalue weighted by molar-refractivity contribution is 5.95. The fraction of sp³-hybridized carbons (Fsp3) is 0.474. The number of aldehydes is 1. The molecular formula is C38H50N2O2. The van der Waals surface area contributed by atoms with Gasteiger partial charge >= 0.3 is 0 Å². The Morgan fingerprint density at radius 1 is 0.952 bits per heavy atom. The van der Waals surface area contributed by atoms with Crippen molar-refractivity contribution in [2.75, 3.05) is 13.7 Å². The molecule has 0 aliphatic heterocycles. The second-order valence-electron chi connectivity index (χ2n) is 12.7. The first-order chi connectivity index (χ1) is 20.3. The van der Waals surface area contributed by atoms with E-state index < -0.39 is 0 Å². The van der Waals surface area contributed by atoms with Gasteiger partial charge in [0.15, 0.2) is 0 Å². The third-order valence-corrected chi connectivity index (χ3v) is 8.31. The Morgan fingerprint density at radius 3 is 2.50 bits per heavy atom. The first kappa shape index (κ1) is 31.7. The van der Waals surface area contributed by atoms with E-state index in [2.05, 4.69) is 87.7 Å². The van der Waals surface area contributed by atoms with Crippen molar-refractivity contribution in [2.45, 2.75) is 99.0 Å². The number of ether oxygens (including phenoxy) is 1. The zero-order valence-electron chi connectivity index (χ0n) is 26.8. The normalized spacial score (nSPS) is 11.9. The number of aromatic nitrogens is 2. The molecule has 224 valence electrons. The van der Waals surface area contributed by atoms with Crippen LogP contribution in [0, 0.1) is 12.3 Å². The molecule has 0 amide bonds. The molecule has 4 heteroatoms. The Morgan fingerprint density at radius 2 is 1.76 bits per heavy atom. The SMILES string of the molecule is CCCc1ncccc1-c1c(CC(C)(C)COC)c2cc(-c3cc(C)cc(CCCCCCC=O)c3)ccc2n1CC. The lowest BCUT2D eigenvalue weighted by Gasteiger charge is -2.25. The van der Waals surface area contributed by atoms with Crippen LogP contribution < -0.4 is 0 Å². The highest BCUT2D eigenvalue weighted by Gasteiger charge is 2.27. The summed E-state index contributed by atoms with van der Waals surface area (Å²) in [5, 5.41) is 1.33. The van der Waals surface area contributed by atoms with E-state index in [1.54, 1.807) is 7.11 Å². The maximum absolute atomic E-state index is 10.6. The fourth-order valence-corrected chi connectivity index (χ4v) is 6.51. The minimum Gasteiger partial charge on any atom is -0.384 e. The zero-order chi connectivity index (χ0) is 30.1. The summed E-state index contributed by atoms with van der Waals surface area (Å²) in [6.07, 6.45) is 12.2. The van der Waals surface area contributed by atoms with Crippen LogP contribution in [0.25, 0.3) is 33.3 Å². The summed E-state index contributed by atoms with van der Waals surface area (Å²) < 4.78 is 8.18. The van der Waals surface area contributed by atoms with E-state index in [-0.39, 0.29) is 5.41 Å². The Kier molecular flexibility index (Phi) is 11.2. The van der Waals surface area contributed by atoms with Crippen LogP contribution in [-0.4, -0.2) is 29.6 Å². The molecule has 0 aliphatic carbocycles. The van der Waals surface area contributed by atoms with E-state index in [4.69, 9.17) is 9.72 Å². The number of nitrogens with zero attached hydrogens (tertiary/aromatic N) is 2. The highest BCUT2D eigenvalue weighted by Crippen LogP contribution is 2.41.